The average molecular weight is 269 g/mol. The Bertz CT molecular complexity index is 207. The van der Waals surface area contributed by atoms with Gasteiger partial charge in [0.15, 0.2) is 0 Å². The van der Waals surface area contributed by atoms with Crippen molar-refractivity contribution in [1.82, 2.24) is 5.32 Å². The summed E-state index contributed by atoms with van der Waals surface area (Å²) in [6.45, 7) is 4.53. The highest BCUT2D eigenvalue weighted by Gasteiger charge is 2.23. The predicted molar refractivity (Wildman–Crippen MR) is 83.6 cm³/mol. The zero-order valence-corrected chi connectivity index (χ0v) is 13.4. The van der Waals surface area contributed by atoms with E-state index in [-0.39, 0.29) is 0 Å². The van der Waals surface area contributed by atoms with Gasteiger partial charge in [0.1, 0.15) is 0 Å². The van der Waals surface area contributed by atoms with E-state index in [9.17, 15) is 0 Å². The second-order valence-corrected chi connectivity index (χ2v) is 6.22. The summed E-state index contributed by atoms with van der Waals surface area (Å²) in [6, 6.07) is 0.568. The van der Waals surface area contributed by atoms with Crippen LogP contribution in [0.4, 0.5) is 0 Å². The molecule has 0 aliphatic heterocycles. The van der Waals surface area contributed by atoms with Crippen molar-refractivity contribution < 1.29 is 4.74 Å². The van der Waals surface area contributed by atoms with Crippen LogP contribution in [0.1, 0.15) is 84.5 Å². The lowest BCUT2D eigenvalue weighted by Crippen LogP contribution is -2.41. The maximum Gasteiger partial charge on any atom is 0.0731 e. The second-order valence-electron chi connectivity index (χ2n) is 6.22. The van der Waals surface area contributed by atoms with Crippen LogP contribution >= 0.6 is 0 Å². The summed E-state index contributed by atoms with van der Waals surface area (Å²) in [5.41, 5.74) is 0. The molecule has 2 heteroatoms. The van der Waals surface area contributed by atoms with Crippen molar-refractivity contribution in [3.05, 3.63) is 0 Å². The Labute approximate surface area is 120 Å². The number of hydrogen-bond acceptors (Lipinski definition) is 2. The van der Waals surface area contributed by atoms with Crippen molar-refractivity contribution in [2.24, 2.45) is 0 Å². The van der Waals surface area contributed by atoms with Gasteiger partial charge in [-0.2, -0.15) is 0 Å². The van der Waals surface area contributed by atoms with Gasteiger partial charge in [-0.05, 0) is 33.2 Å². The number of rotatable bonds is 8. The smallest absolute Gasteiger partial charge is 0.0731 e. The van der Waals surface area contributed by atoms with E-state index in [0.29, 0.717) is 18.2 Å². The first-order valence-corrected chi connectivity index (χ1v) is 8.60. The van der Waals surface area contributed by atoms with Crippen molar-refractivity contribution in [2.75, 3.05) is 7.05 Å². The van der Waals surface area contributed by atoms with E-state index < -0.39 is 0 Å². The van der Waals surface area contributed by atoms with Gasteiger partial charge in [0, 0.05) is 6.04 Å². The quantitative estimate of drug-likeness (QED) is 0.646. The van der Waals surface area contributed by atoms with Gasteiger partial charge in [-0.3, -0.25) is 0 Å². The number of likely N-dealkylation sites (N-methyl/N-ethyl adjacent to an activating group) is 1. The molecule has 0 aromatic heterocycles. The minimum absolute atomic E-state index is 0.428. The highest BCUT2D eigenvalue weighted by molar-refractivity contribution is 4.79. The molecule has 0 heterocycles. The van der Waals surface area contributed by atoms with Gasteiger partial charge < -0.3 is 10.1 Å². The first-order chi connectivity index (χ1) is 9.27. The van der Waals surface area contributed by atoms with Crippen LogP contribution in [0.15, 0.2) is 0 Å². The third kappa shape index (κ3) is 7.31. The second kappa shape index (κ2) is 10.7. The maximum atomic E-state index is 6.35. The average Bonchev–Trinajstić information content (AvgIpc) is 2.38. The Morgan fingerprint density at radius 3 is 2.47 bits per heavy atom. The SMILES string of the molecule is CCCCCCC(C)OC1CCCCCCC1NC. The molecular formula is C17H35NO. The molecule has 3 unspecified atom stereocenters. The van der Waals surface area contributed by atoms with E-state index in [2.05, 4.69) is 26.2 Å². The molecule has 2 nitrogen and oxygen atoms in total. The standard InChI is InChI=1S/C17H35NO/c1-4-5-6-9-12-15(2)19-17-14-11-8-7-10-13-16(17)18-3/h15-18H,4-14H2,1-3H3. The fourth-order valence-electron chi connectivity index (χ4n) is 3.17. The van der Waals surface area contributed by atoms with E-state index in [1.54, 1.807) is 0 Å². The fourth-order valence-corrected chi connectivity index (χ4v) is 3.17. The molecule has 0 radical (unpaired) electrons. The number of unbranched alkanes of at least 4 members (excludes halogenated alkanes) is 3. The fraction of sp³-hybridized carbons (Fsp3) is 1.00. The summed E-state index contributed by atoms with van der Waals surface area (Å²) in [7, 11) is 2.09. The van der Waals surface area contributed by atoms with Crippen LogP contribution in [0.3, 0.4) is 0 Å². The van der Waals surface area contributed by atoms with Crippen LogP contribution in [0.25, 0.3) is 0 Å². The summed E-state index contributed by atoms with van der Waals surface area (Å²) < 4.78 is 6.35. The van der Waals surface area contributed by atoms with Crippen LogP contribution in [0.5, 0.6) is 0 Å². The predicted octanol–water partition coefficient (Wildman–Crippen LogP) is 4.67. The monoisotopic (exact) mass is 269 g/mol. The normalized spacial score (nSPS) is 26.7. The lowest BCUT2D eigenvalue weighted by atomic mass is 9.94. The molecule has 0 saturated heterocycles. The molecule has 1 aliphatic rings. The van der Waals surface area contributed by atoms with Crippen molar-refractivity contribution in [3.63, 3.8) is 0 Å². The lowest BCUT2D eigenvalue weighted by molar-refractivity contribution is -0.0349. The molecule has 0 aromatic carbocycles. The molecule has 0 aromatic rings. The van der Waals surface area contributed by atoms with Gasteiger partial charge in [0.2, 0.25) is 0 Å². The van der Waals surface area contributed by atoms with E-state index in [0.717, 1.165) is 0 Å². The Morgan fingerprint density at radius 1 is 1.05 bits per heavy atom. The van der Waals surface area contributed by atoms with Crippen molar-refractivity contribution in [1.29, 1.82) is 0 Å². The molecule has 114 valence electrons. The van der Waals surface area contributed by atoms with Gasteiger partial charge in [0.25, 0.3) is 0 Å². The van der Waals surface area contributed by atoms with E-state index >= 15 is 0 Å². The lowest BCUT2D eigenvalue weighted by Gasteiger charge is -2.31. The molecule has 19 heavy (non-hydrogen) atoms. The summed E-state index contributed by atoms with van der Waals surface area (Å²) in [4.78, 5) is 0. The van der Waals surface area contributed by atoms with Crippen LogP contribution < -0.4 is 5.32 Å². The van der Waals surface area contributed by atoms with Crippen LogP contribution in [0.2, 0.25) is 0 Å². The third-order valence-electron chi connectivity index (χ3n) is 4.44. The molecule has 1 fully saturated rings. The van der Waals surface area contributed by atoms with Gasteiger partial charge in [-0.1, -0.05) is 58.3 Å². The van der Waals surface area contributed by atoms with E-state index in [4.69, 9.17) is 4.74 Å². The Hall–Kier alpha value is -0.0800. The van der Waals surface area contributed by atoms with Crippen molar-refractivity contribution >= 4 is 0 Å². The van der Waals surface area contributed by atoms with Gasteiger partial charge in [-0.15, -0.1) is 0 Å². The number of ether oxygens (including phenoxy) is 1. The molecule has 0 amide bonds. The van der Waals surface area contributed by atoms with Crippen LogP contribution in [-0.4, -0.2) is 25.3 Å². The Morgan fingerprint density at radius 2 is 1.79 bits per heavy atom. The molecule has 1 aliphatic carbocycles. The molecular weight excluding hydrogens is 234 g/mol. The summed E-state index contributed by atoms with van der Waals surface area (Å²) in [6.07, 6.45) is 15.5. The first-order valence-electron chi connectivity index (χ1n) is 8.60. The minimum atomic E-state index is 0.428. The Balaban J connectivity index is 2.28. The third-order valence-corrected chi connectivity index (χ3v) is 4.44. The topological polar surface area (TPSA) is 21.3 Å². The van der Waals surface area contributed by atoms with Crippen LogP contribution in [-0.2, 0) is 4.74 Å². The van der Waals surface area contributed by atoms with E-state index in [1.807, 2.05) is 0 Å². The number of nitrogens with one attached hydrogen (secondary N) is 1. The molecule has 1 saturated carbocycles. The van der Waals surface area contributed by atoms with Crippen molar-refractivity contribution in [3.8, 4) is 0 Å². The summed E-state index contributed by atoms with van der Waals surface area (Å²) in [5.74, 6) is 0. The minimum Gasteiger partial charge on any atom is -0.374 e. The highest BCUT2D eigenvalue weighted by atomic mass is 16.5. The zero-order chi connectivity index (χ0) is 13.9. The molecule has 3 atom stereocenters. The summed E-state index contributed by atoms with van der Waals surface area (Å²) >= 11 is 0. The van der Waals surface area contributed by atoms with Crippen LogP contribution in [0, 0.1) is 0 Å². The van der Waals surface area contributed by atoms with Crippen molar-refractivity contribution in [2.45, 2.75) is 103 Å². The molecule has 1 rings (SSSR count). The van der Waals surface area contributed by atoms with E-state index in [1.165, 1.54) is 70.6 Å². The largest absolute Gasteiger partial charge is 0.374 e. The highest BCUT2D eigenvalue weighted by Crippen LogP contribution is 2.22. The molecule has 0 spiro atoms. The first kappa shape index (κ1) is 17.0. The van der Waals surface area contributed by atoms with Gasteiger partial charge in [-0.25, -0.2) is 0 Å². The summed E-state index contributed by atoms with van der Waals surface area (Å²) in [5, 5.41) is 3.48. The number of hydrogen-bond donors (Lipinski definition) is 1. The van der Waals surface area contributed by atoms with Gasteiger partial charge >= 0.3 is 0 Å². The maximum absolute atomic E-state index is 6.35. The zero-order valence-electron chi connectivity index (χ0n) is 13.4. The Kier molecular flexibility index (Phi) is 9.54. The molecule has 1 N–H and O–H groups in total. The molecule has 0 bridgehead atoms. The van der Waals surface area contributed by atoms with Gasteiger partial charge in [0.05, 0.1) is 12.2 Å².